The number of hydrogen-bond acceptors (Lipinski definition) is 3. The van der Waals surface area contributed by atoms with Crippen molar-refractivity contribution in [3.63, 3.8) is 0 Å². The molecule has 0 saturated heterocycles. The van der Waals surface area contributed by atoms with Crippen LogP contribution in [0.4, 0.5) is 0 Å². The minimum atomic E-state index is -0.655. The first kappa shape index (κ1) is 8.97. The highest BCUT2D eigenvalue weighted by Gasteiger charge is 2.39. The second kappa shape index (κ2) is 2.44. The summed E-state index contributed by atoms with van der Waals surface area (Å²) in [5, 5.41) is 0. The van der Waals surface area contributed by atoms with Gasteiger partial charge in [-0.2, -0.15) is 0 Å². The lowest BCUT2D eigenvalue weighted by Crippen LogP contribution is -2.36. The van der Waals surface area contributed by atoms with Crippen molar-refractivity contribution < 1.29 is 14.3 Å². The molecule has 3 heteroatoms. The lowest BCUT2D eigenvalue weighted by molar-refractivity contribution is -0.164. The first-order valence-electron chi connectivity index (χ1n) is 3.82. The van der Waals surface area contributed by atoms with Gasteiger partial charge in [0.1, 0.15) is 0 Å². The highest BCUT2D eigenvalue weighted by molar-refractivity contribution is 6.02. The molecule has 1 aliphatic heterocycles. The monoisotopic (exact) mass is 168 g/mol. The third-order valence-corrected chi connectivity index (χ3v) is 2.50. The van der Waals surface area contributed by atoms with E-state index in [4.69, 9.17) is 0 Å². The van der Waals surface area contributed by atoms with Gasteiger partial charge in [0.2, 0.25) is 0 Å². The Kier molecular flexibility index (Phi) is 1.82. The Labute approximate surface area is 71.4 Å². The van der Waals surface area contributed by atoms with Crippen molar-refractivity contribution in [2.75, 3.05) is 0 Å². The summed E-state index contributed by atoms with van der Waals surface area (Å²) in [6.07, 6.45) is 0. The van der Waals surface area contributed by atoms with Gasteiger partial charge >= 0.3 is 11.9 Å². The van der Waals surface area contributed by atoms with Crippen LogP contribution in [0, 0.1) is 5.41 Å². The summed E-state index contributed by atoms with van der Waals surface area (Å²) >= 11 is 0. The van der Waals surface area contributed by atoms with Gasteiger partial charge in [-0.1, -0.05) is 0 Å². The van der Waals surface area contributed by atoms with E-state index in [-0.39, 0.29) is 0 Å². The van der Waals surface area contributed by atoms with E-state index < -0.39 is 17.4 Å². The van der Waals surface area contributed by atoms with E-state index in [1.807, 2.05) is 0 Å². The highest BCUT2D eigenvalue weighted by Crippen LogP contribution is 2.33. The van der Waals surface area contributed by atoms with Crippen molar-refractivity contribution in [1.82, 2.24) is 0 Å². The summed E-state index contributed by atoms with van der Waals surface area (Å²) in [4.78, 5) is 22.2. The number of carbonyl (C=O) groups is 2. The van der Waals surface area contributed by atoms with Gasteiger partial charge in [-0.3, -0.25) is 4.79 Å². The first-order chi connectivity index (χ1) is 5.37. The Hall–Kier alpha value is -1.12. The summed E-state index contributed by atoms with van der Waals surface area (Å²) in [6, 6.07) is 0. The van der Waals surface area contributed by atoms with Crippen LogP contribution in [0.25, 0.3) is 0 Å². The van der Waals surface area contributed by atoms with Gasteiger partial charge in [-0.25, -0.2) is 4.79 Å². The first-order valence-corrected chi connectivity index (χ1v) is 3.82. The molecular formula is C9H12O3. The normalized spacial score (nSPS) is 22.7. The standard InChI is InChI=1S/C9H12O3/c1-5-6(2)9(3,4)8(11)12-7(5)10/h1-4H3. The van der Waals surface area contributed by atoms with Crippen molar-refractivity contribution in [3.05, 3.63) is 11.1 Å². The largest absolute Gasteiger partial charge is 0.389 e. The molecular weight excluding hydrogens is 156 g/mol. The van der Waals surface area contributed by atoms with Crippen LogP contribution in [0.2, 0.25) is 0 Å². The lowest BCUT2D eigenvalue weighted by Gasteiger charge is -2.28. The molecule has 0 unspecified atom stereocenters. The van der Waals surface area contributed by atoms with Crippen LogP contribution >= 0.6 is 0 Å². The molecule has 0 radical (unpaired) electrons. The second-order valence-electron chi connectivity index (χ2n) is 3.55. The van der Waals surface area contributed by atoms with Crippen molar-refractivity contribution in [3.8, 4) is 0 Å². The van der Waals surface area contributed by atoms with Gasteiger partial charge < -0.3 is 4.74 Å². The molecule has 0 saturated carbocycles. The molecule has 0 fully saturated rings. The van der Waals surface area contributed by atoms with Crippen LogP contribution in [0.5, 0.6) is 0 Å². The van der Waals surface area contributed by atoms with Crippen molar-refractivity contribution in [1.29, 1.82) is 0 Å². The Balaban J connectivity index is 3.25. The number of cyclic esters (lactones) is 2. The second-order valence-corrected chi connectivity index (χ2v) is 3.55. The maximum absolute atomic E-state index is 11.2. The topological polar surface area (TPSA) is 43.4 Å². The molecule has 0 aliphatic carbocycles. The van der Waals surface area contributed by atoms with E-state index in [0.29, 0.717) is 5.57 Å². The fourth-order valence-corrected chi connectivity index (χ4v) is 1.06. The third-order valence-electron chi connectivity index (χ3n) is 2.50. The van der Waals surface area contributed by atoms with Gasteiger partial charge in [0.25, 0.3) is 0 Å². The zero-order valence-electron chi connectivity index (χ0n) is 7.72. The average molecular weight is 168 g/mol. The van der Waals surface area contributed by atoms with E-state index >= 15 is 0 Å². The van der Waals surface area contributed by atoms with Crippen LogP contribution in [0.3, 0.4) is 0 Å². The molecule has 0 atom stereocenters. The molecule has 1 aliphatic rings. The van der Waals surface area contributed by atoms with Crippen LogP contribution in [0.1, 0.15) is 27.7 Å². The zero-order valence-corrected chi connectivity index (χ0v) is 7.72. The molecule has 0 bridgehead atoms. The van der Waals surface area contributed by atoms with Gasteiger partial charge in [0, 0.05) is 5.57 Å². The van der Waals surface area contributed by atoms with Crippen LogP contribution in [-0.4, -0.2) is 11.9 Å². The van der Waals surface area contributed by atoms with Crippen LogP contribution in [0.15, 0.2) is 11.1 Å². The summed E-state index contributed by atoms with van der Waals surface area (Å²) < 4.78 is 4.55. The Morgan fingerprint density at radius 1 is 1.17 bits per heavy atom. The van der Waals surface area contributed by atoms with E-state index in [1.54, 1.807) is 27.7 Å². The number of hydrogen-bond donors (Lipinski definition) is 0. The number of carbonyl (C=O) groups excluding carboxylic acids is 2. The molecule has 1 heterocycles. The van der Waals surface area contributed by atoms with E-state index in [9.17, 15) is 9.59 Å². The minimum absolute atomic E-state index is 0.462. The lowest BCUT2D eigenvalue weighted by atomic mass is 9.81. The average Bonchev–Trinajstić information content (AvgIpc) is 1.99. The van der Waals surface area contributed by atoms with E-state index in [1.165, 1.54) is 0 Å². The summed E-state index contributed by atoms with van der Waals surface area (Å²) in [5.74, 6) is -0.979. The fraction of sp³-hybridized carbons (Fsp3) is 0.556. The highest BCUT2D eigenvalue weighted by atomic mass is 16.6. The molecule has 1 rings (SSSR count). The third kappa shape index (κ3) is 1.05. The Morgan fingerprint density at radius 3 is 2.17 bits per heavy atom. The predicted molar refractivity (Wildman–Crippen MR) is 43.3 cm³/mol. The molecule has 3 nitrogen and oxygen atoms in total. The van der Waals surface area contributed by atoms with E-state index in [0.717, 1.165) is 5.57 Å². The summed E-state index contributed by atoms with van der Waals surface area (Å²) in [5.41, 5.74) is 0.682. The molecule has 0 aromatic rings. The zero-order chi connectivity index (χ0) is 9.52. The van der Waals surface area contributed by atoms with Crippen molar-refractivity contribution in [2.24, 2.45) is 5.41 Å². The number of rotatable bonds is 0. The number of esters is 2. The quantitative estimate of drug-likeness (QED) is 0.406. The van der Waals surface area contributed by atoms with Crippen LogP contribution < -0.4 is 0 Å². The number of ether oxygens (including phenoxy) is 1. The van der Waals surface area contributed by atoms with E-state index in [2.05, 4.69) is 4.74 Å². The van der Waals surface area contributed by atoms with Gasteiger partial charge in [-0.05, 0) is 33.3 Å². The molecule has 0 amide bonds. The summed E-state index contributed by atoms with van der Waals surface area (Å²) in [6.45, 7) is 6.96. The summed E-state index contributed by atoms with van der Waals surface area (Å²) in [7, 11) is 0. The van der Waals surface area contributed by atoms with Gasteiger partial charge in [-0.15, -0.1) is 0 Å². The molecule has 0 aromatic heterocycles. The van der Waals surface area contributed by atoms with Crippen molar-refractivity contribution in [2.45, 2.75) is 27.7 Å². The maximum atomic E-state index is 11.2. The molecule has 0 spiro atoms. The molecule has 66 valence electrons. The van der Waals surface area contributed by atoms with Crippen molar-refractivity contribution >= 4 is 11.9 Å². The molecule has 0 aromatic carbocycles. The smallest absolute Gasteiger partial charge is 0.341 e. The SMILES string of the molecule is CC1=C(C)C(C)(C)C(=O)OC1=O. The molecule has 0 N–H and O–H groups in total. The Morgan fingerprint density at radius 2 is 1.67 bits per heavy atom. The maximum Gasteiger partial charge on any atom is 0.341 e. The minimum Gasteiger partial charge on any atom is -0.389 e. The Bertz CT molecular complexity index is 284. The predicted octanol–water partition coefficient (Wildman–Crippen LogP) is 1.43. The molecule has 12 heavy (non-hydrogen) atoms. The van der Waals surface area contributed by atoms with Gasteiger partial charge in [0.05, 0.1) is 5.41 Å². The van der Waals surface area contributed by atoms with Crippen LogP contribution in [-0.2, 0) is 14.3 Å². The van der Waals surface area contributed by atoms with Gasteiger partial charge in [0.15, 0.2) is 0 Å². The fourth-order valence-electron chi connectivity index (χ4n) is 1.06.